The molecule has 6 nitrogen and oxygen atoms in total. The Kier molecular flexibility index (Phi) is 3.21. The molecule has 2 heterocycles. The van der Waals surface area contributed by atoms with Crippen molar-refractivity contribution in [3.8, 4) is 5.75 Å². The zero-order valence-electron chi connectivity index (χ0n) is 12.6. The number of hydrogen-bond acceptors (Lipinski definition) is 4. The van der Waals surface area contributed by atoms with Crippen LogP contribution in [0.2, 0.25) is 0 Å². The summed E-state index contributed by atoms with van der Waals surface area (Å²) in [5, 5.41) is 7.85. The van der Waals surface area contributed by atoms with Crippen LogP contribution in [0.4, 0.5) is 11.6 Å². The first-order chi connectivity index (χ1) is 10.1. The molecular formula is C15H18N5O+. The topological polar surface area (TPSA) is 56.1 Å². The fourth-order valence-electron chi connectivity index (χ4n) is 2.44. The maximum absolute atomic E-state index is 5.16. The molecule has 0 fully saturated rings. The van der Waals surface area contributed by atoms with Gasteiger partial charge in [-0.1, -0.05) is 0 Å². The predicted molar refractivity (Wildman–Crippen MR) is 79.9 cm³/mol. The molecule has 21 heavy (non-hydrogen) atoms. The van der Waals surface area contributed by atoms with E-state index in [-0.39, 0.29) is 0 Å². The number of aromatic nitrogens is 4. The van der Waals surface area contributed by atoms with Crippen LogP contribution in [0.1, 0.15) is 11.4 Å². The second-order valence-corrected chi connectivity index (χ2v) is 4.96. The summed E-state index contributed by atoms with van der Waals surface area (Å²) in [6, 6.07) is 7.74. The molecular weight excluding hydrogens is 266 g/mol. The SMILES string of the molecule is COc1ccc(Nc2nn(C)c3c(C)nc(C)c[n+]23)cc1. The smallest absolute Gasteiger partial charge is 0.387 e. The molecule has 2 aromatic heterocycles. The van der Waals surface area contributed by atoms with Crippen molar-refractivity contribution in [3.05, 3.63) is 41.9 Å². The number of benzene rings is 1. The molecule has 1 N–H and O–H groups in total. The minimum Gasteiger partial charge on any atom is -0.497 e. The standard InChI is InChI=1S/C15H18N5O/c1-10-9-20-14(11(2)16-10)19(3)18-15(20)17-12-5-7-13(21-4)8-6-12/h5-9H,1-4H3,(H,17,18)/q+1. The Bertz CT molecular complexity index is 792. The molecule has 0 aliphatic heterocycles. The van der Waals surface area contributed by atoms with E-state index in [4.69, 9.17) is 4.74 Å². The quantitative estimate of drug-likeness (QED) is 0.747. The summed E-state index contributed by atoms with van der Waals surface area (Å²) in [7, 11) is 3.57. The van der Waals surface area contributed by atoms with Gasteiger partial charge in [-0.3, -0.25) is 5.32 Å². The van der Waals surface area contributed by atoms with E-state index in [0.717, 1.165) is 34.4 Å². The zero-order chi connectivity index (χ0) is 15.0. The van der Waals surface area contributed by atoms with E-state index < -0.39 is 0 Å². The van der Waals surface area contributed by atoms with E-state index in [0.29, 0.717) is 0 Å². The van der Waals surface area contributed by atoms with Gasteiger partial charge < -0.3 is 4.74 Å². The number of anilines is 2. The molecule has 0 bridgehead atoms. The summed E-state index contributed by atoms with van der Waals surface area (Å²) in [6.45, 7) is 3.96. The maximum Gasteiger partial charge on any atom is 0.387 e. The maximum atomic E-state index is 5.16. The van der Waals surface area contributed by atoms with Crippen LogP contribution in [0.25, 0.3) is 5.65 Å². The Morgan fingerprint density at radius 1 is 1.19 bits per heavy atom. The molecule has 0 amide bonds. The minimum atomic E-state index is 0.756. The average molecular weight is 284 g/mol. The van der Waals surface area contributed by atoms with Gasteiger partial charge in [0.15, 0.2) is 0 Å². The van der Waals surface area contributed by atoms with Crippen molar-refractivity contribution in [2.24, 2.45) is 7.05 Å². The summed E-state index contributed by atoms with van der Waals surface area (Å²) < 4.78 is 9.01. The third kappa shape index (κ3) is 2.40. The monoisotopic (exact) mass is 284 g/mol. The third-order valence-electron chi connectivity index (χ3n) is 3.34. The van der Waals surface area contributed by atoms with Crippen molar-refractivity contribution in [2.45, 2.75) is 13.8 Å². The van der Waals surface area contributed by atoms with Gasteiger partial charge in [-0.15, -0.1) is 4.68 Å². The van der Waals surface area contributed by atoms with Gasteiger partial charge in [0, 0.05) is 5.10 Å². The number of ether oxygens (including phenoxy) is 1. The lowest BCUT2D eigenvalue weighted by molar-refractivity contribution is -0.497. The minimum absolute atomic E-state index is 0.756. The van der Waals surface area contributed by atoms with E-state index >= 15 is 0 Å². The Morgan fingerprint density at radius 3 is 2.57 bits per heavy atom. The molecule has 0 atom stereocenters. The van der Waals surface area contributed by atoms with E-state index in [9.17, 15) is 0 Å². The normalized spacial score (nSPS) is 10.9. The van der Waals surface area contributed by atoms with Crippen molar-refractivity contribution >= 4 is 17.3 Å². The number of nitrogens with one attached hydrogen (secondary N) is 1. The number of hydrogen-bond donors (Lipinski definition) is 1. The van der Waals surface area contributed by atoms with E-state index in [2.05, 4.69) is 15.4 Å². The van der Waals surface area contributed by atoms with Gasteiger partial charge in [-0.2, -0.15) is 4.40 Å². The molecule has 0 unspecified atom stereocenters. The first-order valence-corrected chi connectivity index (χ1v) is 6.72. The number of rotatable bonds is 3. The van der Waals surface area contributed by atoms with Crippen LogP contribution in [0, 0.1) is 13.8 Å². The zero-order valence-corrected chi connectivity index (χ0v) is 12.6. The lowest BCUT2D eigenvalue weighted by Gasteiger charge is -2.02. The second kappa shape index (κ2) is 5.05. The summed E-state index contributed by atoms with van der Waals surface area (Å²) in [5.74, 6) is 1.58. The fraction of sp³-hybridized carbons (Fsp3) is 0.267. The van der Waals surface area contributed by atoms with Crippen molar-refractivity contribution in [1.29, 1.82) is 0 Å². The Balaban J connectivity index is 2.04. The Labute approximate surface area is 123 Å². The highest BCUT2D eigenvalue weighted by molar-refractivity contribution is 5.54. The van der Waals surface area contributed by atoms with Crippen LogP contribution in [-0.2, 0) is 7.05 Å². The van der Waals surface area contributed by atoms with Crippen LogP contribution >= 0.6 is 0 Å². The van der Waals surface area contributed by atoms with Crippen LogP contribution in [0.15, 0.2) is 30.5 Å². The molecule has 0 aliphatic carbocycles. The van der Waals surface area contributed by atoms with Gasteiger partial charge in [-0.05, 0) is 38.1 Å². The van der Waals surface area contributed by atoms with Gasteiger partial charge in [0.2, 0.25) is 0 Å². The van der Waals surface area contributed by atoms with Crippen molar-refractivity contribution in [2.75, 3.05) is 12.4 Å². The van der Waals surface area contributed by atoms with Gasteiger partial charge >= 0.3 is 5.95 Å². The summed E-state index contributed by atoms with van der Waals surface area (Å²) >= 11 is 0. The Morgan fingerprint density at radius 2 is 1.90 bits per heavy atom. The number of aryl methyl sites for hydroxylation is 3. The fourth-order valence-corrected chi connectivity index (χ4v) is 2.44. The molecule has 6 heteroatoms. The molecule has 108 valence electrons. The van der Waals surface area contributed by atoms with Gasteiger partial charge in [-0.25, -0.2) is 4.98 Å². The van der Waals surface area contributed by atoms with Crippen LogP contribution in [-0.4, -0.2) is 21.9 Å². The molecule has 3 rings (SSSR count). The first kappa shape index (κ1) is 13.4. The second-order valence-electron chi connectivity index (χ2n) is 4.96. The van der Waals surface area contributed by atoms with E-state index in [1.54, 1.807) is 7.11 Å². The number of nitrogens with zero attached hydrogens (tertiary/aromatic N) is 4. The summed E-state index contributed by atoms with van der Waals surface area (Å²) in [6.07, 6.45) is 1.97. The van der Waals surface area contributed by atoms with Gasteiger partial charge in [0.25, 0.3) is 5.65 Å². The van der Waals surface area contributed by atoms with Crippen molar-refractivity contribution < 1.29 is 9.14 Å². The van der Waals surface area contributed by atoms with E-state index in [1.807, 2.05) is 60.4 Å². The molecule has 0 saturated heterocycles. The van der Waals surface area contributed by atoms with Crippen LogP contribution < -0.4 is 14.5 Å². The predicted octanol–water partition coefficient (Wildman–Crippen LogP) is 1.92. The highest BCUT2D eigenvalue weighted by atomic mass is 16.5. The molecule has 0 aliphatic rings. The largest absolute Gasteiger partial charge is 0.497 e. The van der Waals surface area contributed by atoms with Gasteiger partial charge in [0.1, 0.15) is 11.4 Å². The Hall–Kier alpha value is -2.63. The van der Waals surface area contributed by atoms with Gasteiger partial charge in [0.05, 0.1) is 31.7 Å². The molecule has 1 aromatic carbocycles. The summed E-state index contributed by atoms with van der Waals surface area (Å²) in [4.78, 5) is 4.48. The molecule has 3 aromatic rings. The van der Waals surface area contributed by atoms with Crippen LogP contribution in [0.3, 0.4) is 0 Å². The highest BCUT2D eigenvalue weighted by Gasteiger charge is 2.19. The lowest BCUT2D eigenvalue weighted by atomic mass is 10.3. The van der Waals surface area contributed by atoms with Crippen molar-refractivity contribution in [3.63, 3.8) is 0 Å². The molecule has 0 spiro atoms. The first-order valence-electron chi connectivity index (χ1n) is 6.72. The van der Waals surface area contributed by atoms with E-state index in [1.165, 1.54) is 0 Å². The molecule has 0 radical (unpaired) electrons. The lowest BCUT2D eigenvalue weighted by Crippen LogP contribution is -2.25. The van der Waals surface area contributed by atoms with Crippen molar-refractivity contribution in [1.82, 2.24) is 14.8 Å². The van der Waals surface area contributed by atoms with Crippen LogP contribution in [0.5, 0.6) is 5.75 Å². The number of methoxy groups -OCH3 is 1. The highest BCUT2D eigenvalue weighted by Crippen LogP contribution is 2.18. The molecule has 0 saturated carbocycles. The third-order valence-corrected chi connectivity index (χ3v) is 3.34. The average Bonchev–Trinajstić information content (AvgIpc) is 2.76. The number of fused-ring (bicyclic) bond motifs is 1. The summed E-state index contributed by atoms with van der Waals surface area (Å²) in [5.41, 5.74) is 3.83.